The topological polar surface area (TPSA) is 29.5 Å². The molecule has 120 valence electrons. The number of nitrogens with zero attached hydrogens (tertiary/aromatic N) is 1. The predicted molar refractivity (Wildman–Crippen MR) is 95.6 cm³/mol. The van der Waals surface area contributed by atoms with Gasteiger partial charge < -0.3 is 4.74 Å². The third-order valence-electron chi connectivity index (χ3n) is 4.29. The van der Waals surface area contributed by atoms with E-state index in [1.807, 2.05) is 47.4 Å². The maximum atomic E-state index is 12.7. The van der Waals surface area contributed by atoms with Gasteiger partial charge in [0.1, 0.15) is 6.61 Å². The van der Waals surface area contributed by atoms with E-state index in [0.29, 0.717) is 6.61 Å². The normalized spacial score (nSPS) is 16.8. The molecule has 3 rings (SSSR count). The average Bonchev–Trinajstić information content (AvgIpc) is 2.59. The van der Waals surface area contributed by atoms with E-state index in [1.54, 1.807) is 0 Å². The van der Waals surface area contributed by atoms with Crippen molar-refractivity contribution in [3.63, 3.8) is 0 Å². The third kappa shape index (κ3) is 3.58. The Morgan fingerprint density at radius 2 is 2.04 bits per heavy atom. The summed E-state index contributed by atoms with van der Waals surface area (Å²) in [7, 11) is 0. The van der Waals surface area contributed by atoms with Gasteiger partial charge in [0.05, 0.1) is 5.69 Å². The van der Waals surface area contributed by atoms with E-state index in [-0.39, 0.29) is 12.1 Å². The molecular weight excluding hydrogens is 354 g/mol. The molecule has 1 aliphatic heterocycles. The molecule has 0 radical (unpaired) electrons. The predicted octanol–water partition coefficient (Wildman–Crippen LogP) is 5.32. The summed E-state index contributed by atoms with van der Waals surface area (Å²) < 4.78 is 6.61. The molecule has 0 spiro atoms. The minimum Gasteiger partial charge on any atom is -0.444 e. The van der Waals surface area contributed by atoms with E-state index in [4.69, 9.17) is 4.74 Å². The molecule has 3 nitrogen and oxygen atoms in total. The second kappa shape index (κ2) is 7.18. The Balaban J connectivity index is 1.80. The molecule has 0 N–H and O–H groups in total. The van der Waals surface area contributed by atoms with Gasteiger partial charge in [-0.05, 0) is 48.6 Å². The number of fused-ring (bicyclic) bond motifs is 1. The molecule has 0 saturated heterocycles. The fraction of sp³-hybridized carbons (Fsp3) is 0.316. The molecule has 2 aromatic carbocycles. The van der Waals surface area contributed by atoms with Crippen molar-refractivity contribution in [2.24, 2.45) is 0 Å². The SMILES string of the molecule is CCC1CCc2cc(Br)ccc2N1C(=O)OCc1ccccc1. The van der Waals surface area contributed by atoms with Gasteiger partial charge in [-0.2, -0.15) is 0 Å². The molecule has 1 aliphatic rings. The summed E-state index contributed by atoms with van der Waals surface area (Å²) >= 11 is 3.51. The highest BCUT2D eigenvalue weighted by Crippen LogP contribution is 2.34. The van der Waals surface area contributed by atoms with Crippen LogP contribution in [-0.2, 0) is 17.8 Å². The number of carbonyl (C=O) groups is 1. The van der Waals surface area contributed by atoms with Crippen LogP contribution < -0.4 is 4.90 Å². The van der Waals surface area contributed by atoms with Gasteiger partial charge in [-0.1, -0.05) is 53.2 Å². The van der Waals surface area contributed by atoms with Crippen LogP contribution in [0.1, 0.15) is 30.9 Å². The molecule has 1 amide bonds. The molecule has 1 unspecified atom stereocenters. The Labute approximate surface area is 145 Å². The Kier molecular flexibility index (Phi) is 5.01. The molecule has 1 atom stereocenters. The maximum absolute atomic E-state index is 12.7. The summed E-state index contributed by atoms with van der Waals surface area (Å²) in [6.07, 6.45) is 2.63. The van der Waals surface area contributed by atoms with Crippen molar-refractivity contribution in [3.05, 3.63) is 64.1 Å². The van der Waals surface area contributed by atoms with E-state index >= 15 is 0 Å². The lowest BCUT2D eigenvalue weighted by atomic mass is 9.95. The van der Waals surface area contributed by atoms with Crippen molar-refractivity contribution in [1.82, 2.24) is 0 Å². The summed E-state index contributed by atoms with van der Waals surface area (Å²) in [5.74, 6) is 0. The van der Waals surface area contributed by atoms with Gasteiger partial charge in [0.15, 0.2) is 0 Å². The first-order valence-electron chi connectivity index (χ1n) is 7.97. The molecule has 1 heterocycles. The number of halogens is 1. The van der Waals surface area contributed by atoms with E-state index in [0.717, 1.165) is 35.0 Å². The number of carbonyl (C=O) groups excluding carboxylic acids is 1. The molecule has 23 heavy (non-hydrogen) atoms. The quantitative estimate of drug-likeness (QED) is 0.728. The number of anilines is 1. The van der Waals surface area contributed by atoms with Crippen LogP contribution in [0.25, 0.3) is 0 Å². The summed E-state index contributed by atoms with van der Waals surface area (Å²) in [5.41, 5.74) is 3.17. The van der Waals surface area contributed by atoms with Gasteiger partial charge in [-0.25, -0.2) is 4.79 Å². The Morgan fingerprint density at radius 3 is 2.78 bits per heavy atom. The van der Waals surface area contributed by atoms with E-state index < -0.39 is 0 Å². The molecule has 2 aromatic rings. The minimum absolute atomic E-state index is 0.201. The van der Waals surface area contributed by atoms with Gasteiger partial charge in [0.2, 0.25) is 0 Å². The summed E-state index contributed by atoms with van der Waals surface area (Å²) in [6.45, 7) is 2.42. The minimum atomic E-state index is -0.260. The first-order valence-corrected chi connectivity index (χ1v) is 8.76. The molecule has 0 saturated carbocycles. The van der Waals surface area contributed by atoms with Crippen LogP contribution >= 0.6 is 15.9 Å². The molecule has 0 aromatic heterocycles. The van der Waals surface area contributed by atoms with Crippen LogP contribution in [0.3, 0.4) is 0 Å². The van der Waals surface area contributed by atoms with Gasteiger partial charge in [0, 0.05) is 10.5 Å². The fourth-order valence-electron chi connectivity index (χ4n) is 3.06. The number of rotatable bonds is 3. The zero-order valence-electron chi connectivity index (χ0n) is 13.2. The van der Waals surface area contributed by atoms with Crippen molar-refractivity contribution in [3.8, 4) is 0 Å². The highest BCUT2D eigenvalue weighted by Gasteiger charge is 2.31. The van der Waals surface area contributed by atoms with Crippen molar-refractivity contribution >= 4 is 27.7 Å². The van der Waals surface area contributed by atoms with Crippen LogP contribution in [0, 0.1) is 0 Å². The van der Waals surface area contributed by atoms with E-state index in [1.165, 1.54) is 5.56 Å². The van der Waals surface area contributed by atoms with Gasteiger partial charge in [-0.3, -0.25) is 4.90 Å². The molecule has 0 bridgehead atoms. The second-order valence-corrected chi connectivity index (χ2v) is 6.70. The number of ether oxygens (including phenoxy) is 1. The van der Waals surface area contributed by atoms with Gasteiger partial charge >= 0.3 is 6.09 Å². The Hall–Kier alpha value is -1.81. The molecular formula is C19H20BrNO2. The van der Waals surface area contributed by atoms with Gasteiger partial charge in [0.25, 0.3) is 0 Å². The maximum Gasteiger partial charge on any atom is 0.414 e. The Morgan fingerprint density at radius 1 is 1.26 bits per heavy atom. The lowest BCUT2D eigenvalue weighted by Crippen LogP contribution is -2.43. The molecule has 0 aliphatic carbocycles. The molecule has 0 fully saturated rings. The molecule has 4 heteroatoms. The zero-order valence-corrected chi connectivity index (χ0v) is 14.8. The lowest BCUT2D eigenvalue weighted by molar-refractivity contribution is 0.143. The summed E-state index contributed by atoms with van der Waals surface area (Å²) in [6, 6.07) is 16.1. The first-order chi connectivity index (χ1) is 11.2. The van der Waals surface area contributed by atoms with Crippen molar-refractivity contribution < 1.29 is 9.53 Å². The largest absolute Gasteiger partial charge is 0.444 e. The standard InChI is InChI=1S/C19H20BrNO2/c1-2-17-10-8-15-12-16(20)9-11-18(15)21(17)19(22)23-13-14-6-4-3-5-7-14/h3-7,9,11-12,17H,2,8,10,13H2,1H3. The zero-order chi connectivity index (χ0) is 16.2. The number of aryl methyl sites for hydroxylation is 1. The summed E-state index contributed by atoms with van der Waals surface area (Å²) in [4.78, 5) is 14.5. The average molecular weight is 374 g/mol. The summed E-state index contributed by atoms with van der Waals surface area (Å²) in [5, 5.41) is 0. The number of hydrogen-bond acceptors (Lipinski definition) is 2. The Bertz CT molecular complexity index is 687. The second-order valence-electron chi connectivity index (χ2n) is 5.78. The van der Waals surface area contributed by atoms with E-state index in [9.17, 15) is 4.79 Å². The van der Waals surface area contributed by atoms with E-state index in [2.05, 4.69) is 28.9 Å². The van der Waals surface area contributed by atoms with Crippen molar-refractivity contribution in [2.75, 3.05) is 4.90 Å². The third-order valence-corrected chi connectivity index (χ3v) is 4.78. The first kappa shape index (κ1) is 16.1. The van der Waals surface area contributed by atoms with Crippen LogP contribution in [0.15, 0.2) is 53.0 Å². The lowest BCUT2D eigenvalue weighted by Gasteiger charge is -2.36. The highest BCUT2D eigenvalue weighted by molar-refractivity contribution is 9.10. The van der Waals surface area contributed by atoms with Gasteiger partial charge in [-0.15, -0.1) is 0 Å². The number of amides is 1. The van der Waals surface area contributed by atoms with Crippen molar-refractivity contribution in [2.45, 2.75) is 38.8 Å². The van der Waals surface area contributed by atoms with Crippen LogP contribution in [0.5, 0.6) is 0 Å². The van der Waals surface area contributed by atoms with Crippen LogP contribution in [0.2, 0.25) is 0 Å². The fourth-order valence-corrected chi connectivity index (χ4v) is 3.47. The monoisotopic (exact) mass is 373 g/mol. The van der Waals surface area contributed by atoms with Crippen LogP contribution in [-0.4, -0.2) is 12.1 Å². The van der Waals surface area contributed by atoms with Crippen molar-refractivity contribution in [1.29, 1.82) is 0 Å². The smallest absolute Gasteiger partial charge is 0.414 e. The highest BCUT2D eigenvalue weighted by atomic mass is 79.9. The van der Waals surface area contributed by atoms with Crippen LogP contribution in [0.4, 0.5) is 10.5 Å². The number of benzene rings is 2. The number of hydrogen-bond donors (Lipinski definition) is 0.